The molecular weight excluding hydrogens is 338 g/mol. The van der Waals surface area contributed by atoms with Crippen molar-refractivity contribution < 1.29 is 14.6 Å². The SMILES string of the molecule is O=C(COc1ccccc1Cc1ccccc1)NCCc1cccc(O)c1. The Morgan fingerprint density at radius 2 is 1.63 bits per heavy atom. The summed E-state index contributed by atoms with van der Waals surface area (Å²) in [6.45, 7) is 0.475. The lowest BCUT2D eigenvalue weighted by Gasteiger charge is -2.12. The van der Waals surface area contributed by atoms with Crippen LogP contribution in [-0.4, -0.2) is 24.2 Å². The molecular formula is C23H23NO3. The molecule has 0 aliphatic heterocycles. The molecule has 4 nitrogen and oxygen atoms in total. The molecule has 4 heteroatoms. The van der Waals surface area contributed by atoms with Crippen molar-refractivity contribution in [1.29, 1.82) is 0 Å². The minimum atomic E-state index is -0.162. The molecule has 0 radical (unpaired) electrons. The third kappa shape index (κ3) is 5.89. The fourth-order valence-corrected chi connectivity index (χ4v) is 2.86. The molecule has 2 N–H and O–H groups in total. The third-order valence-corrected chi connectivity index (χ3v) is 4.22. The van der Waals surface area contributed by atoms with Gasteiger partial charge < -0.3 is 15.2 Å². The average molecular weight is 361 g/mol. The Balaban J connectivity index is 1.48. The Kier molecular flexibility index (Phi) is 6.47. The number of ether oxygens (including phenoxy) is 1. The number of hydrogen-bond donors (Lipinski definition) is 2. The summed E-state index contributed by atoms with van der Waals surface area (Å²) in [5, 5.41) is 12.3. The van der Waals surface area contributed by atoms with E-state index in [4.69, 9.17) is 4.74 Å². The van der Waals surface area contributed by atoms with E-state index in [0.717, 1.165) is 23.3 Å². The largest absolute Gasteiger partial charge is 0.508 e. The van der Waals surface area contributed by atoms with Crippen molar-refractivity contribution in [2.45, 2.75) is 12.8 Å². The van der Waals surface area contributed by atoms with Crippen LogP contribution in [0.3, 0.4) is 0 Å². The Labute approximate surface area is 159 Å². The molecule has 0 saturated carbocycles. The summed E-state index contributed by atoms with van der Waals surface area (Å²) >= 11 is 0. The van der Waals surface area contributed by atoms with E-state index in [2.05, 4.69) is 17.4 Å². The fourth-order valence-electron chi connectivity index (χ4n) is 2.86. The number of nitrogens with one attached hydrogen (secondary N) is 1. The second-order valence-corrected chi connectivity index (χ2v) is 6.33. The molecule has 0 spiro atoms. The van der Waals surface area contributed by atoms with Crippen LogP contribution in [0.25, 0.3) is 0 Å². The van der Waals surface area contributed by atoms with Gasteiger partial charge in [0.15, 0.2) is 6.61 Å². The van der Waals surface area contributed by atoms with Crippen molar-refractivity contribution in [3.8, 4) is 11.5 Å². The maximum atomic E-state index is 12.1. The van der Waals surface area contributed by atoms with Gasteiger partial charge in [0.2, 0.25) is 0 Å². The van der Waals surface area contributed by atoms with Crippen LogP contribution in [0.1, 0.15) is 16.7 Å². The van der Waals surface area contributed by atoms with Crippen molar-refractivity contribution >= 4 is 5.91 Å². The van der Waals surface area contributed by atoms with Gasteiger partial charge in [-0.05, 0) is 41.3 Å². The number of phenols is 1. The Hall–Kier alpha value is -3.27. The number of phenolic OH excluding ortho intramolecular Hbond substituents is 1. The van der Waals surface area contributed by atoms with Gasteiger partial charge in [-0.3, -0.25) is 4.79 Å². The van der Waals surface area contributed by atoms with Crippen LogP contribution in [0.4, 0.5) is 0 Å². The van der Waals surface area contributed by atoms with Crippen molar-refractivity contribution in [2.75, 3.05) is 13.2 Å². The minimum absolute atomic E-state index is 0.0220. The first-order chi connectivity index (χ1) is 13.2. The number of para-hydroxylation sites is 1. The highest BCUT2D eigenvalue weighted by molar-refractivity contribution is 5.77. The van der Waals surface area contributed by atoms with Gasteiger partial charge in [-0.25, -0.2) is 0 Å². The lowest BCUT2D eigenvalue weighted by Crippen LogP contribution is -2.30. The van der Waals surface area contributed by atoms with Gasteiger partial charge in [-0.2, -0.15) is 0 Å². The third-order valence-electron chi connectivity index (χ3n) is 4.22. The monoisotopic (exact) mass is 361 g/mol. The summed E-state index contributed by atoms with van der Waals surface area (Å²) in [6.07, 6.45) is 1.42. The number of amides is 1. The molecule has 0 saturated heterocycles. The standard InChI is InChI=1S/C23H23NO3/c25-21-11-6-9-19(16-21)13-14-24-23(26)17-27-22-12-5-4-10-20(22)15-18-7-2-1-3-8-18/h1-12,16,25H,13-15,17H2,(H,24,26). The van der Waals surface area contributed by atoms with Gasteiger partial charge in [0.05, 0.1) is 0 Å². The van der Waals surface area contributed by atoms with E-state index in [1.165, 1.54) is 5.56 Å². The van der Waals surface area contributed by atoms with Crippen LogP contribution < -0.4 is 10.1 Å². The lowest BCUT2D eigenvalue weighted by molar-refractivity contribution is -0.123. The fraction of sp³-hybridized carbons (Fsp3) is 0.174. The smallest absolute Gasteiger partial charge is 0.257 e. The molecule has 0 fully saturated rings. The molecule has 0 aliphatic rings. The summed E-state index contributed by atoms with van der Waals surface area (Å²) in [6, 6.07) is 25.0. The molecule has 0 aromatic heterocycles. The second kappa shape index (κ2) is 9.43. The zero-order valence-corrected chi connectivity index (χ0v) is 15.1. The van der Waals surface area contributed by atoms with Crippen molar-refractivity contribution in [3.05, 3.63) is 95.6 Å². The summed E-state index contributed by atoms with van der Waals surface area (Å²) in [5.41, 5.74) is 3.23. The molecule has 3 aromatic carbocycles. The van der Waals surface area contributed by atoms with E-state index in [0.29, 0.717) is 13.0 Å². The molecule has 27 heavy (non-hydrogen) atoms. The molecule has 0 heterocycles. The highest BCUT2D eigenvalue weighted by Crippen LogP contribution is 2.21. The van der Waals surface area contributed by atoms with E-state index < -0.39 is 0 Å². The summed E-state index contributed by atoms with van der Waals surface area (Å²) < 4.78 is 5.74. The number of carbonyl (C=O) groups is 1. The quantitative estimate of drug-likeness (QED) is 0.643. The topological polar surface area (TPSA) is 58.6 Å². The zero-order valence-electron chi connectivity index (χ0n) is 15.1. The molecule has 0 atom stereocenters. The summed E-state index contributed by atoms with van der Waals surface area (Å²) in [7, 11) is 0. The number of carbonyl (C=O) groups excluding carboxylic acids is 1. The number of benzene rings is 3. The molecule has 0 aliphatic carbocycles. The molecule has 1 amide bonds. The number of aromatic hydroxyl groups is 1. The molecule has 3 rings (SSSR count). The molecule has 0 bridgehead atoms. The molecule has 3 aromatic rings. The van der Waals surface area contributed by atoms with Gasteiger partial charge in [0.25, 0.3) is 5.91 Å². The van der Waals surface area contributed by atoms with Crippen LogP contribution in [0.5, 0.6) is 11.5 Å². The average Bonchev–Trinajstić information content (AvgIpc) is 2.68. The minimum Gasteiger partial charge on any atom is -0.508 e. The Morgan fingerprint density at radius 1 is 0.889 bits per heavy atom. The first-order valence-electron chi connectivity index (χ1n) is 9.00. The lowest BCUT2D eigenvalue weighted by atomic mass is 10.0. The van der Waals surface area contributed by atoms with Gasteiger partial charge in [0, 0.05) is 13.0 Å². The van der Waals surface area contributed by atoms with Gasteiger partial charge in [0.1, 0.15) is 11.5 Å². The van der Waals surface area contributed by atoms with Gasteiger partial charge >= 0.3 is 0 Å². The Bertz CT molecular complexity index is 878. The van der Waals surface area contributed by atoms with E-state index in [9.17, 15) is 9.90 Å². The van der Waals surface area contributed by atoms with Crippen molar-refractivity contribution in [3.63, 3.8) is 0 Å². The van der Waals surface area contributed by atoms with Gasteiger partial charge in [-0.15, -0.1) is 0 Å². The molecule has 0 unspecified atom stereocenters. The normalized spacial score (nSPS) is 10.4. The maximum Gasteiger partial charge on any atom is 0.257 e. The van der Waals surface area contributed by atoms with Crippen LogP contribution in [0, 0.1) is 0 Å². The molecule has 138 valence electrons. The van der Waals surface area contributed by atoms with Gasteiger partial charge in [-0.1, -0.05) is 60.7 Å². The van der Waals surface area contributed by atoms with E-state index >= 15 is 0 Å². The van der Waals surface area contributed by atoms with E-state index in [-0.39, 0.29) is 18.3 Å². The van der Waals surface area contributed by atoms with Crippen LogP contribution in [-0.2, 0) is 17.6 Å². The van der Waals surface area contributed by atoms with Crippen LogP contribution in [0.15, 0.2) is 78.9 Å². The first-order valence-corrected chi connectivity index (χ1v) is 9.00. The highest BCUT2D eigenvalue weighted by atomic mass is 16.5. The zero-order chi connectivity index (χ0) is 18.9. The summed E-state index contributed by atoms with van der Waals surface area (Å²) in [4.78, 5) is 12.1. The predicted octanol–water partition coefficient (Wildman–Crippen LogP) is 3.72. The number of hydrogen-bond acceptors (Lipinski definition) is 3. The first kappa shape index (κ1) is 18.5. The van der Waals surface area contributed by atoms with E-state index in [1.807, 2.05) is 48.5 Å². The van der Waals surface area contributed by atoms with Crippen molar-refractivity contribution in [1.82, 2.24) is 5.32 Å². The summed E-state index contributed by atoms with van der Waals surface area (Å²) in [5.74, 6) is 0.798. The predicted molar refractivity (Wildman–Crippen MR) is 106 cm³/mol. The Morgan fingerprint density at radius 3 is 2.44 bits per heavy atom. The highest BCUT2D eigenvalue weighted by Gasteiger charge is 2.07. The second-order valence-electron chi connectivity index (χ2n) is 6.33. The number of rotatable bonds is 8. The van der Waals surface area contributed by atoms with E-state index in [1.54, 1.807) is 18.2 Å². The maximum absolute atomic E-state index is 12.1. The van der Waals surface area contributed by atoms with Crippen LogP contribution in [0.2, 0.25) is 0 Å². The van der Waals surface area contributed by atoms with Crippen LogP contribution >= 0.6 is 0 Å². The van der Waals surface area contributed by atoms with Crippen molar-refractivity contribution in [2.24, 2.45) is 0 Å².